The minimum absolute atomic E-state index is 0.251. The van der Waals surface area contributed by atoms with Crippen LogP contribution in [0.25, 0.3) is 0 Å². The Labute approximate surface area is 136 Å². The highest BCUT2D eigenvalue weighted by molar-refractivity contribution is 5.69. The normalized spacial score (nSPS) is 17.8. The first-order valence-electron chi connectivity index (χ1n) is 7.73. The second kappa shape index (κ2) is 6.14. The first-order chi connectivity index (χ1) is 10.6. The van der Waals surface area contributed by atoms with E-state index >= 15 is 0 Å². The molecule has 1 amide bonds. The molecule has 0 unspecified atom stereocenters. The summed E-state index contributed by atoms with van der Waals surface area (Å²) in [4.78, 5) is 29.6. The molecule has 0 saturated carbocycles. The maximum atomic E-state index is 12.3. The zero-order chi connectivity index (χ0) is 17.3. The van der Waals surface area contributed by atoms with Crippen LogP contribution in [0.1, 0.15) is 34.6 Å². The Kier molecular flexibility index (Phi) is 4.58. The first kappa shape index (κ1) is 17.2. The average Bonchev–Trinajstić information content (AvgIpc) is 2.44. The van der Waals surface area contributed by atoms with Crippen LogP contribution in [0.5, 0.6) is 0 Å². The van der Waals surface area contributed by atoms with Gasteiger partial charge in [0.2, 0.25) is 5.18 Å². The summed E-state index contributed by atoms with van der Waals surface area (Å²) >= 11 is 0. The number of rotatable bonds is 2. The van der Waals surface area contributed by atoms with Gasteiger partial charge in [-0.25, -0.2) is 9.78 Å². The van der Waals surface area contributed by atoms with Crippen LogP contribution in [-0.4, -0.2) is 41.8 Å². The molecule has 0 atom stereocenters. The van der Waals surface area contributed by atoms with E-state index in [0.717, 1.165) is 5.69 Å². The lowest BCUT2D eigenvalue weighted by molar-refractivity contribution is -0.362. The number of nitroso groups, excluding NO2 is 1. The first-order valence-corrected chi connectivity index (χ1v) is 7.73. The molecule has 0 aliphatic carbocycles. The van der Waals surface area contributed by atoms with Gasteiger partial charge in [-0.1, -0.05) is 0 Å². The fraction of sp³-hybridized carbons (Fsp3) is 0.625. The van der Waals surface area contributed by atoms with E-state index in [9.17, 15) is 9.70 Å². The largest absolute Gasteiger partial charge is 0.444 e. The molecule has 1 aliphatic heterocycles. The second-order valence-corrected chi connectivity index (χ2v) is 7.39. The quantitative estimate of drug-likeness (QED) is 0.785. The van der Waals surface area contributed by atoms with Crippen LogP contribution in [0.4, 0.5) is 16.3 Å². The maximum absolute atomic E-state index is 12.3. The lowest BCUT2D eigenvalue weighted by Crippen LogP contribution is -2.61. The summed E-state index contributed by atoms with van der Waals surface area (Å²) in [5.41, 5.74) is 0.218. The molecule has 126 valence electrons. The number of anilines is 1. The number of pyridine rings is 1. The number of aromatic nitrogens is 1. The number of nitrogens with one attached hydrogen (secondary N) is 1. The second-order valence-electron chi connectivity index (χ2n) is 7.39. The summed E-state index contributed by atoms with van der Waals surface area (Å²) in [6.45, 7) is 11.6. The van der Waals surface area contributed by atoms with Crippen LogP contribution in [-0.2, 0) is 4.74 Å². The van der Waals surface area contributed by atoms with Crippen molar-refractivity contribution in [2.24, 2.45) is 5.18 Å². The highest BCUT2D eigenvalue weighted by Crippen LogP contribution is 2.28. The predicted molar refractivity (Wildman–Crippen MR) is 87.7 cm³/mol. The SMILES string of the molecule is CC(C)(C)OC(=O)N1CCN(c2ccc(N=O)[nH+]c2)C(C)(C)C1. The highest BCUT2D eigenvalue weighted by Gasteiger charge is 2.37. The van der Waals surface area contributed by atoms with Crippen molar-refractivity contribution in [3.05, 3.63) is 23.2 Å². The molecule has 23 heavy (non-hydrogen) atoms. The van der Waals surface area contributed by atoms with Gasteiger partial charge >= 0.3 is 11.9 Å². The van der Waals surface area contributed by atoms with Crippen LogP contribution in [0.15, 0.2) is 23.5 Å². The summed E-state index contributed by atoms with van der Waals surface area (Å²) in [6, 6.07) is 3.51. The number of H-pyrrole nitrogens is 1. The minimum Gasteiger partial charge on any atom is -0.444 e. The number of carbonyl (C=O) groups is 1. The zero-order valence-electron chi connectivity index (χ0n) is 14.4. The van der Waals surface area contributed by atoms with E-state index in [-0.39, 0.29) is 11.6 Å². The van der Waals surface area contributed by atoms with Gasteiger partial charge in [0.15, 0.2) is 0 Å². The molecule has 0 aromatic carbocycles. The van der Waals surface area contributed by atoms with Crippen molar-refractivity contribution in [1.82, 2.24) is 4.90 Å². The fourth-order valence-electron chi connectivity index (χ4n) is 2.75. The molecule has 0 bridgehead atoms. The number of hydrogen-bond donors (Lipinski definition) is 0. The number of carbonyl (C=O) groups excluding carboxylic acids is 1. The average molecular weight is 321 g/mol. The number of ether oxygens (including phenoxy) is 1. The Morgan fingerprint density at radius 2 is 2.00 bits per heavy atom. The lowest BCUT2D eigenvalue weighted by Gasteiger charge is -2.48. The van der Waals surface area contributed by atoms with E-state index in [2.05, 4.69) is 28.9 Å². The molecule has 0 spiro atoms. The van der Waals surface area contributed by atoms with Crippen molar-refractivity contribution in [2.45, 2.75) is 45.8 Å². The molecule has 1 saturated heterocycles. The van der Waals surface area contributed by atoms with Gasteiger partial charge in [0.1, 0.15) is 11.8 Å². The number of piperazine rings is 1. The molecular formula is C16H25N4O3+. The van der Waals surface area contributed by atoms with Crippen molar-refractivity contribution >= 4 is 17.6 Å². The van der Waals surface area contributed by atoms with Gasteiger partial charge in [0, 0.05) is 25.7 Å². The van der Waals surface area contributed by atoms with Crippen molar-refractivity contribution in [3.63, 3.8) is 0 Å². The van der Waals surface area contributed by atoms with E-state index in [1.165, 1.54) is 0 Å². The van der Waals surface area contributed by atoms with Gasteiger partial charge in [-0.15, -0.1) is 0 Å². The Morgan fingerprint density at radius 3 is 2.48 bits per heavy atom. The summed E-state index contributed by atoms with van der Waals surface area (Å²) in [7, 11) is 0. The van der Waals surface area contributed by atoms with Crippen molar-refractivity contribution in [2.75, 3.05) is 24.5 Å². The third-order valence-electron chi connectivity index (χ3n) is 3.74. The van der Waals surface area contributed by atoms with E-state index < -0.39 is 5.60 Å². The van der Waals surface area contributed by atoms with Gasteiger partial charge < -0.3 is 14.5 Å². The topological polar surface area (TPSA) is 76.3 Å². The van der Waals surface area contributed by atoms with Gasteiger partial charge in [0.25, 0.3) is 0 Å². The van der Waals surface area contributed by atoms with Gasteiger partial charge in [-0.2, -0.15) is 0 Å². The summed E-state index contributed by atoms with van der Waals surface area (Å²) in [5, 5.41) is 2.87. The third-order valence-corrected chi connectivity index (χ3v) is 3.74. The lowest BCUT2D eigenvalue weighted by atomic mass is 9.98. The molecule has 1 aliphatic rings. The van der Waals surface area contributed by atoms with Crippen LogP contribution >= 0.6 is 0 Å². The van der Waals surface area contributed by atoms with E-state index in [1.54, 1.807) is 17.2 Å². The minimum atomic E-state index is -0.495. The molecule has 7 nitrogen and oxygen atoms in total. The smallest absolute Gasteiger partial charge is 0.410 e. The Morgan fingerprint density at radius 1 is 1.30 bits per heavy atom. The molecule has 1 fully saturated rings. The summed E-state index contributed by atoms with van der Waals surface area (Å²) in [5.74, 6) is 0.291. The monoisotopic (exact) mass is 321 g/mol. The number of nitrogens with zero attached hydrogens (tertiary/aromatic N) is 3. The molecule has 1 N–H and O–H groups in total. The van der Waals surface area contributed by atoms with Crippen LogP contribution in [0, 0.1) is 4.91 Å². The van der Waals surface area contributed by atoms with Crippen molar-refractivity contribution in [1.29, 1.82) is 0 Å². The fourth-order valence-corrected chi connectivity index (χ4v) is 2.75. The number of hydrogen-bond acceptors (Lipinski definition) is 5. The summed E-state index contributed by atoms with van der Waals surface area (Å²) in [6.07, 6.45) is 1.49. The molecule has 1 aromatic rings. The van der Waals surface area contributed by atoms with Crippen LogP contribution in [0.3, 0.4) is 0 Å². The Bertz CT molecular complexity index is 578. The molecule has 1 aromatic heterocycles. The highest BCUT2D eigenvalue weighted by atomic mass is 16.6. The number of amides is 1. The van der Waals surface area contributed by atoms with E-state index in [1.807, 2.05) is 26.8 Å². The molecule has 2 rings (SSSR count). The summed E-state index contributed by atoms with van der Waals surface area (Å²) < 4.78 is 5.46. The molecule has 7 heteroatoms. The third kappa shape index (κ3) is 4.18. The van der Waals surface area contributed by atoms with Gasteiger partial charge in [-0.3, -0.25) is 0 Å². The number of aromatic amines is 1. The molecule has 2 heterocycles. The van der Waals surface area contributed by atoms with Crippen molar-refractivity contribution in [3.8, 4) is 0 Å². The predicted octanol–water partition coefficient (Wildman–Crippen LogP) is 2.73. The molecular weight excluding hydrogens is 296 g/mol. The van der Waals surface area contributed by atoms with Gasteiger partial charge in [-0.05, 0) is 45.6 Å². The Balaban J connectivity index is 2.10. The van der Waals surface area contributed by atoms with Crippen molar-refractivity contribution < 1.29 is 14.5 Å². The van der Waals surface area contributed by atoms with Crippen LogP contribution < -0.4 is 9.88 Å². The zero-order valence-corrected chi connectivity index (χ0v) is 14.4. The Hall–Kier alpha value is -2.18. The standard InChI is InChI=1S/C16H24N4O3/c1-15(2,3)23-14(21)19-8-9-20(16(4,5)11-19)12-6-7-13(18-22)17-10-12/h6-7,10H,8-9,11H2,1-5H3/p+1. The maximum Gasteiger partial charge on any atom is 0.410 e. The van der Waals surface area contributed by atoms with Gasteiger partial charge in [0.05, 0.1) is 11.2 Å². The van der Waals surface area contributed by atoms with E-state index in [0.29, 0.717) is 25.5 Å². The van der Waals surface area contributed by atoms with Crippen LogP contribution in [0.2, 0.25) is 0 Å². The van der Waals surface area contributed by atoms with E-state index in [4.69, 9.17) is 4.74 Å². The molecule has 0 radical (unpaired) electrons.